The lowest BCUT2D eigenvalue weighted by Gasteiger charge is -2.16. The topological polar surface area (TPSA) is 90.8 Å². The molecule has 47 heavy (non-hydrogen) atoms. The summed E-state index contributed by atoms with van der Waals surface area (Å²) in [5, 5.41) is 5.79. The summed E-state index contributed by atoms with van der Waals surface area (Å²) >= 11 is 24.2. The van der Waals surface area contributed by atoms with Gasteiger partial charge in [-0.3, -0.25) is 4.79 Å². The molecule has 0 saturated heterocycles. The van der Waals surface area contributed by atoms with Crippen LogP contribution >= 0.6 is 46.4 Å². The third kappa shape index (κ3) is 9.86. The van der Waals surface area contributed by atoms with Crippen LogP contribution in [0, 0.1) is 0 Å². The first-order valence-corrected chi connectivity index (χ1v) is 16.3. The van der Waals surface area contributed by atoms with Crippen LogP contribution in [0.5, 0.6) is 0 Å². The molecule has 2 aromatic heterocycles. The van der Waals surface area contributed by atoms with Crippen molar-refractivity contribution >= 4 is 58.3 Å². The molecule has 1 unspecified atom stereocenters. The molecule has 240 valence electrons. The van der Waals surface area contributed by atoms with Crippen molar-refractivity contribution < 1.29 is 4.79 Å². The normalized spacial score (nSPS) is 11.4. The van der Waals surface area contributed by atoms with Gasteiger partial charge >= 0.3 is 0 Å². The molecular formula is C36H32Cl4N6O. The lowest BCUT2D eigenvalue weighted by atomic mass is 9.97. The lowest BCUT2D eigenvalue weighted by Crippen LogP contribution is -2.25. The fourth-order valence-electron chi connectivity index (χ4n) is 5.17. The number of aromatic nitrogens is 4. The van der Waals surface area contributed by atoms with Crippen molar-refractivity contribution in [3.63, 3.8) is 0 Å². The molecule has 11 heteroatoms. The molecule has 0 bridgehead atoms. The molecule has 6 rings (SSSR count). The molecule has 0 fully saturated rings. The molecule has 3 N–H and O–H groups in total. The van der Waals surface area contributed by atoms with Crippen molar-refractivity contribution in [3.8, 4) is 0 Å². The monoisotopic (exact) mass is 704 g/mol. The Morgan fingerprint density at radius 3 is 1.77 bits per heavy atom. The van der Waals surface area contributed by atoms with Gasteiger partial charge in [-0.1, -0.05) is 107 Å². The summed E-state index contributed by atoms with van der Waals surface area (Å²) in [4.78, 5) is 20.8. The van der Waals surface area contributed by atoms with Crippen molar-refractivity contribution in [2.24, 2.45) is 5.73 Å². The minimum Gasteiger partial charge on any atom is -0.369 e. The molecule has 7 nitrogen and oxygen atoms in total. The van der Waals surface area contributed by atoms with Crippen LogP contribution in [0.3, 0.4) is 0 Å². The van der Waals surface area contributed by atoms with Crippen molar-refractivity contribution in [2.75, 3.05) is 11.9 Å². The number of carbonyl (C=O) groups is 1. The van der Waals surface area contributed by atoms with Gasteiger partial charge in [0.1, 0.15) is 11.7 Å². The predicted molar refractivity (Wildman–Crippen MR) is 192 cm³/mol. The molecule has 0 aliphatic carbocycles. The van der Waals surface area contributed by atoms with Crippen LogP contribution in [-0.4, -0.2) is 31.6 Å². The van der Waals surface area contributed by atoms with Gasteiger partial charge in [0.2, 0.25) is 11.9 Å². The largest absolute Gasteiger partial charge is 0.369 e. The Hall–Kier alpha value is -4.27. The highest BCUT2D eigenvalue weighted by atomic mass is 35.5. The molecule has 1 atom stereocenters. The molecule has 0 spiro atoms. The van der Waals surface area contributed by atoms with Gasteiger partial charge in [-0.2, -0.15) is 0 Å². The van der Waals surface area contributed by atoms with E-state index < -0.39 is 11.8 Å². The van der Waals surface area contributed by atoms with Crippen LogP contribution in [0.25, 0.3) is 0 Å². The lowest BCUT2D eigenvalue weighted by molar-refractivity contribution is -0.118. The number of nitrogens with one attached hydrogen (secondary N) is 1. The summed E-state index contributed by atoms with van der Waals surface area (Å²) < 4.78 is 3.93. The number of benzene rings is 4. The third-order valence-corrected chi connectivity index (χ3v) is 8.10. The summed E-state index contributed by atoms with van der Waals surface area (Å²) in [6.07, 6.45) is 8.15. The predicted octanol–water partition coefficient (Wildman–Crippen LogP) is 8.75. The van der Waals surface area contributed by atoms with Crippen LogP contribution < -0.4 is 11.1 Å². The standard InChI is InChI=1S/C18H15Cl2N3O.C18H17Cl2N3/c19-14-8-12(9-15(20)10-14)11-23-7-6-22-18(23)16(17(21)24)13-4-2-1-3-5-13;19-16-10-15(11-17(20)12-16)13-23-9-8-22-18(23)21-7-6-14-4-2-1-3-5-14/h1-10,16H,11H2,(H2,21,24);1-5,8-12H,6-7,13H2,(H,21,22). The van der Waals surface area contributed by atoms with Gasteiger partial charge in [0.15, 0.2) is 0 Å². The van der Waals surface area contributed by atoms with Gasteiger partial charge in [0.25, 0.3) is 0 Å². The summed E-state index contributed by atoms with van der Waals surface area (Å²) in [5.74, 6) is 0.371. The number of nitrogens with two attached hydrogens (primary N) is 1. The second-order valence-corrected chi connectivity index (χ2v) is 12.5. The van der Waals surface area contributed by atoms with Crippen molar-refractivity contribution in [3.05, 3.63) is 170 Å². The average molecular weight is 707 g/mol. The van der Waals surface area contributed by atoms with Gasteiger partial charge in [-0.15, -0.1) is 0 Å². The SMILES string of the molecule is Clc1cc(Cl)cc(Cn2ccnc2NCCc2ccccc2)c1.NC(=O)C(c1ccccc1)c1nccn1Cc1cc(Cl)cc(Cl)c1. The Morgan fingerprint density at radius 1 is 0.681 bits per heavy atom. The Morgan fingerprint density at radius 2 is 1.19 bits per heavy atom. The quantitative estimate of drug-likeness (QED) is 0.141. The molecule has 0 aliphatic rings. The number of rotatable bonds is 11. The van der Waals surface area contributed by atoms with Gasteiger partial charge in [-0.05, 0) is 65.1 Å². The van der Waals surface area contributed by atoms with Crippen LogP contribution in [-0.2, 0) is 24.3 Å². The molecule has 2 heterocycles. The van der Waals surface area contributed by atoms with E-state index in [4.69, 9.17) is 52.1 Å². The summed E-state index contributed by atoms with van der Waals surface area (Å²) in [5.41, 5.74) is 9.72. The Bertz CT molecular complexity index is 1870. The molecule has 0 radical (unpaired) electrons. The first-order valence-electron chi connectivity index (χ1n) is 14.8. The molecule has 6 aromatic rings. The van der Waals surface area contributed by atoms with Crippen molar-refractivity contribution in [1.82, 2.24) is 19.1 Å². The number of anilines is 1. The van der Waals surface area contributed by atoms with Crippen LogP contribution in [0.2, 0.25) is 20.1 Å². The molecule has 4 aromatic carbocycles. The number of carbonyl (C=O) groups excluding carboxylic acids is 1. The number of imidazole rings is 2. The summed E-state index contributed by atoms with van der Waals surface area (Å²) in [6, 6.07) is 30.7. The number of primary amides is 1. The number of halogens is 4. The maximum atomic E-state index is 12.0. The smallest absolute Gasteiger partial charge is 0.232 e. The van der Waals surface area contributed by atoms with E-state index in [1.165, 1.54) is 5.56 Å². The van der Waals surface area contributed by atoms with Gasteiger partial charge < -0.3 is 20.2 Å². The molecule has 1 amide bonds. The van der Waals surface area contributed by atoms with E-state index in [0.717, 1.165) is 35.6 Å². The Balaban J connectivity index is 0.000000185. The van der Waals surface area contributed by atoms with E-state index in [2.05, 4.69) is 39.6 Å². The van der Waals surface area contributed by atoms with Crippen LogP contribution in [0.4, 0.5) is 5.95 Å². The zero-order chi connectivity index (χ0) is 33.2. The van der Waals surface area contributed by atoms with E-state index in [1.54, 1.807) is 24.5 Å². The summed E-state index contributed by atoms with van der Waals surface area (Å²) in [6.45, 7) is 2.00. The van der Waals surface area contributed by atoms with E-state index in [-0.39, 0.29) is 0 Å². The second kappa shape index (κ2) is 16.5. The van der Waals surface area contributed by atoms with Gasteiger partial charge in [-0.25, -0.2) is 9.97 Å². The van der Waals surface area contributed by atoms with Gasteiger partial charge in [0, 0.05) is 58.0 Å². The number of hydrogen-bond donors (Lipinski definition) is 2. The fraction of sp³-hybridized carbons (Fsp3) is 0.139. The second-order valence-electron chi connectivity index (χ2n) is 10.8. The number of hydrogen-bond acceptors (Lipinski definition) is 4. The van der Waals surface area contributed by atoms with Gasteiger partial charge in [0.05, 0.1) is 6.54 Å². The molecule has 0 saturated carbocycles. The van der Waals surface area contributed by atoms with Crippen LogP contribution in [0.15, 0.2) is 122 Å². The Labute approximate surface area is 293 Å². The average Bonchev–Trinajstić information content (AvgIpc) is 3.67. The zero-order valence-electron chi connectivity index (χ0n) is 25.2. The molecular weight excluding hydrogens is 674 g/mol. The van der Waals surface area contributed by atoms with E-state index in [0.29, 0.717) is 39.0 Å². The Kier molecular flexibility index (Phi) is 12.0. The highest BCUT2D eigenvalue weighted by molar-refractivity contribution is 6.35. The highest BCUT2D eigenvalue weighted by Gasteiger charge is 2.24. The van der Waals surface area contributed by atoms with Crippen LogP contribution in [0.1, 0.15) is 34.0 Å². The first kappa shape index (κ1) is 34.1. The van der Waals surface area contributed by atoms with E-state index in [1.807, 2.05) is 82.2 Å². The third-order valence-electron chi connectivity index (χ3n) is 7.23. The number of amides is 1. The van der Waals surface area contributed by atoms with Crippen molar-refractivity contribution in [1.29, 1.82) is 0 Å². The highest BCUT2D eigenvalue weighted by Crippen LogP contribution is 2.25. The van der Waals surface area contributed by atoms with Crippen molar-refractivity contribution in [2.45, 2.75) is 25.4 Å². The van der Waals surface area contributed by atoms with E-state index >= 15 is 0 Å². The maximum absolute atomic E-state index is 12.0. The fourth-order valence-corrected chi connectivity index (χ4v) is 6.31. The van der Waals surface area contributed by atoms with E-state index in [9.17, 15) is 4.79 Å². The zero-order valence-corrected chi connectivity index (χ0v) is 28.3. The summed E-state index contributed by atoms with van der Waals surface area (Å²) in [7, 11) is 0. The minimum atomic E-state index is -0.615. The minimum absolute atomic E-state index is 0.447. The number of nitrogens with zero attached hydrogens (tertiary/aromatic N) is 4. The first-order chi connectivity index (χ1) is 22.7. The molecule has 0 aliphatic heterocycles. The maximum Gasteiger partial charge on any atom is 0.232 e.